The van der Waals surface area contributed by atoms with Crippen molar-refractivity contribution in [1.82, 2.24) is 0 Å². The Bertz CT molecular complexity index is 306. The molecule has 1 atom stereocenters. The first-order valence-corrected chi connectivity index (χ1v) is 6.43. The lowest BCUT2D eigenvalue weighted by Gasteiger charge is -2.10. The minimum Gasteiger partial charge on any atom is -0.392 e. The molecule has 1 N–H and O–H groups in total. The lowest BCUT2D eigenvalue weighted by Crippen LogP contribution is -2.13. The first kappa shape index (κ1) is 12.0. The maximum absolute atomic E-state index is 13.1. The second-order valence-corrected chi connectivity index (χ2v) is 4.73. The van der Waals surface area contributed by atoms with Crippen LogP contribution in [0.1, 0.15) is 5.56 Å². The largest absolute Gasteiger partial charge is 0.392 e. The lowest BCUT2D eigenvalue weighted by molar-refractivity contribution is 0.200. The van der Waals surface area contributed by atoms with Crippen LogP contribution in [0.15, 0.2) is 22.7 Å². The summed E-state index contributed by atoms with van der Waals surface area (Å²) in [7, 11) is 0. The summed E-state index contributed by atoms with van der Waals surface area (Å²) >= 11 is 4.75. The van der Waals surface area contributed by atoms with E-state index in [9.17, 15) is 9.50 Å². The molecule has 0 heterocycles. The highest BCUT2D eigenvalue weighted by atomic mass is 79.9. The average Bonchev–Trinajstić information content (AvgIpc) is 2.13. The molecule has 0 aliphatic carbocycles. The summed E-state index contributed by atoms with van der Waals surface area (Å²) in [6.07, 6.45) is 2.01. The van der Waals surface area contributed by atoms with Crippen molar-refractivity contribution in [3.8, 4) is 0 Å². The first-order valence-electron chi connectivity index (χ1n) is 4.25. The van der Waals surface area contributed by atoms with Crippen molar-refractivity contribution in [3.05, 3.63) is 34.1 Å². The molecule has 4 heteroatoms. The summed E-state index contributed by atoms with van der Waals surface area (Å²) in [5.41, 5.74) is 0.812. The van der Waals surface area contributed by atoms with Crippen LogP contribution in [0, 0.1) is 5.82 Å². The van der Waals surface area contributed by atoms with Gasteiger partial charge >= 0.3 is 0 Å². The Kier molecular flexibility index (Phi) is 4.92. The summed E-state index contributed by atoms with van der Waals surface area (Å²) < 4.78 is 13.5. The normalized spacial score (nSPS) is 12.9. The van der Waals surface area contributed by atoms with Crippen LogP contribution in [0.3, 0.4) is 0 Å². The zero-order chi connectivity index (χ0) is 10.6. The van der Waals surface area contributed by atoms with Gasteiger partial charge in [-0.25, -0.2) is 4.39 Å². The van der Waals surface area contributed by atoms with Crippen LogP contribution in [-0.2, 0) is 6.42 Å². The van der Waals surface area contributed by atoms with Gasteiger partial charge in [-0.1, -0.05) is 12.1 Å². The summed E-state index contributed by atoms with van der Waals surface area (Å²) in [5, 5.41) is 9.55. The first-order chi connectivity index (χ1) is 6.65. The molecule has 0 amide bonds. The molecule has 1 unspecified atom stereocenters. The van der Waals surface area contributed by atoms with Gasteiger partial charge in [0.15, 0.2) is 0 Å². The molecule has 0 saturated heterocycles. The highest BCUT2D eigenvalue weighted by Gasteiger charge is 2.09. The highest BCUT2D eigenvalue weighted by Crippen LogP contribution is 2.22. The Morgan fingerprint density at radius 2 is 2.29 bits per heavy atom. The summed E-state index contributed by atoms with van der Waals surface area (Å²) in [5.74, 6) is 0.391. The molecule has 1 aromatic carbocycles. The van der Waals surface area contributed by atoms with Crippen molar-refractivity contribution < 1.29 is 9.50 Å². The number of benzene rings is 1. The maximum Gasteiger partial charge on any atom is 0.137 e. The molecule has 0 bridgehead atoms. The van der Waals surface area contributed by atoms with E-state index in [0.717, 1.165) is 5.56 Å². The van der Waals surface area contributed by atoms with Gasteiger partial charge in [0.2, 0.25) is 0 Å². The molecule has 14 heavy (non-hydrogen) atoms. The van der Waals surface area contributed by atoms with Crippen molar-refractivity contribution in [2.45, 2.75) is 12.5 Å². The van der Waals surface area contributed by atoms with Gasteiger partial charge in [-0.05, 0) is 33.8 Å². The average molecular weight is 279 g/mol. The number of hydrogen-bond donors (Lipinski definition) is 1. The fourth-order valence-electron chi connectivity index (χ4n) is 1.21. The number of thioether (sulfide) groups is 1. The maximum atomic E-state index is 13.1. The van der Waals surface area contributed by atoms with Crippen molar-refractivity contribution in [2.75, 3.05) is 12.0 Å². The van der Waals surface area contributed by atoms with Gasteiger partial charge in [0, 0.05) is 12.2 Å². The Morgan fingerprint density at radius 3 is 2.93 bits per heavy atom. The number of halogens is 2. The van der Waals surface area contributed by atoms with Crippen molar-refractivity contribution >= 4 is 27.7 Å². The molecular formula is C10H12BrFOS. The molecule has 0 aromatic heterocycles. The van der Waals surface area contributed by atoms with E-state index in [4.69, 9.17) is 0 Å². The molecule has 0 spiro atoms. The topological polar surface area (TPSA) is 20.2 Å². The van der Waals surface area contributed by atoms with Crippen LogP contribution in [0.5, 0.6) is 0 Å². The zero-order valence-corrected chi connectivity index (χ0v) is 10.2. The van der Waals surface area contributed by atoms with E-state index < -0.39 is 6.10 Å². The van der Waals surface area contributed by atoms with Crippen molar-refractivity contribution in [2.24, 2.45) is 0 Å². The molecule has 0 radical (unpaired) electrons. The third-order valence-corrected chi connectivity index (χ3v) is 3.45. The van der Waals surface area contributed by atoms with Crippen molar-refractivity contribution in [1.29, 1.82) is 0 Å². The van der Waals surface area contributed by atoms with Crippen LogP contribution in [0.25, 0.3) is 0 Å². The van der Waals surface area contributed by atoms with E-state index in [-0.39, 0.29) is 5.82 Å². The standard InChI is InChI=1S/C10H12BrFOS/c1-14-6-8(13)5-7-3-2-4-9(12)10(7)11/h2-4,8,13H,5-6H2,1H3. The van der Waals surface area contributed by atoms with Gasteiger partial charge in [0.05, 0.1) is 10.6 Å². The highest BCUT2D eigenvalue weighted by molar-refractivity contribution is 9.10. The third kappa shape index (κ3) is 3.26. The lowest BCUT2D eigenvalue weighted by atomic mass is 10.1. The molecule has 0 fully saturated rings. The van der Waals surface area contributed by atoms with E-state index in [0.29, 0.717) is 16.6 Å². The zero-order valence-electron chi connectivity index (χ0n) is 7.84. The van der Waals surface area contributed by atoms with Gasteiger partial charge in [-0.15, -0.1) is 0 Å². The Morgan fingerprint density at radius 1 is 1.57 bits per heavy atom. The smallest absolute Gasteiger partial charge is 0.137 e. The SMILES string of the molecule is CSCC(O)Cc1cccc(F)c1Br. The molecule has 78 valence electrons. The van der Waals surface area contributed by atoms with Crippen molar-refractivity contribution in [3.63, 3.8) is 0 Å². The van der Waals surface area contributed by atoms with Crippen LogP contribution < -0.4 is 0 Å². The second kappa shape index (κ2) is 5.73. The van der Waals surface area contributed by atoms with Crippen LogP contribution >= 0.6 is 27.7 Å². The van der Waals surface area contributed by atoms with Gasteiger partial charge in [0.25, 0.3) is 0 Å². The predicted molar refractivity (Wildman–Crippen MR) is 62.2 cm³/mol. The van der Waals surface area contributed by atoms with Crippen LogP contribution in [0.2, 0.25) is 0 Å². The Hall–Kier alpha value is -0.0600. The molecule has 1 aromatic rings. The summed E-state index contributed by atoms with van der Waals surface area (Å²) in [4.78, 5) is 0. The summed E-state index contributed by atoms with van der Waals surface area (Å²) in [6.45, 7) is 0. The fraction of sp³-hybridized carbons (Fsp3) is 0.400. The molecular weight excluding hydrogens is 267 g/mol. The van der Waals surface area contributed by atoms with E-state index in [1.807, 2.05) is 12.3 Å². The van der Waals surface area contributed by atoms with E-state index >= 15 is 0 Å². The van der Waals surface area contributed by atoms with Crippen LogP contribution in [0.4, 0.5) is 4.39 Å². The fourth-order valence-corrected chi connectivity index (χ4v) is 2.14. The minimum atomic E-state index is -0.414. The van der Waals surface area contributed by atoms with Crippen LogP contribution in [-0.4, -0.2) is 23.2 Å². The quantitative estimate of drug-likeness (QED) is 0.914. The van der Waals surface area contributed by atoms with Gasteiger partial charge < -0.3 is 5.11 Å². The molecule has 0 saturated carbocycles. The van der Waals surface area contributed by atoms with Gasteiger partial charge in [-0.2, -0.15) is 11.8 Å². The predicted octanol–water partition coefficient (Wildman–Crippen LogP) is 2.85. The Balaban J connectivity index is 2.71. The number of aliphatic hydroxyl groups is 1. The molecule has 1 nitrogen and oxygen atoms in total. The number of rotatable bonds is 4. The molecule has 1 rings (SSSR count). The minimum absolute atomic E-state index is 0.279. The van der Waals surface area contributed by atoms with E-state index in [1.54, 1.807) is 17.8 Å². The number of aliphatic hydroxyl groups excluding tert-OH is 1. The number of hydrogen-bond acceptors (Lipinski definition) is 2. The molecule has 0 aliphatic rings. The van der Waals surface area contributed by atoms with E-state index in [1.165, 1.54) is 6.07 Å². The van der Waals surface area contributed by atoms with Gasteiger partial charge in [-0.3, -0.25) is 0 Å². The third-order valence-electron chi connectivity index (χ3n) is 1.85. The summed E-state index contributed by atoms with van der Waals surface area (Å²) in [6, 6.07) is 4.87. The molecule has 0 aliphatic heterocycles. The monoisotopic (exact) mass is 278 g/mol. The van der Waals surface area contributed by atoms with E-state index in [2.05, 4.69) is 15.9 Å². The van der Waals surface area contributed by atoms with Gasteiger partial charge in [0.1, 0.15) is 5.82 Å². The Labute approximate surface area is 95.8 Å². The second-order valence-electron chi connectivity index (χ2n) is 3.03.